The molecule has 0 atom stereocenters. The van der Waals surface area contributed by atoms with Gasteiger partial charge in [0.15, 0.2) is 0 Å². The molecule has 0 fully saturated rings. The van der Waals surface area contributed by atoms with Gasteiger partial charge in [0.1, 0.15) is 0 Å². The number of carbonyl (C=O) groups excluding carboxylic acids is 1. The molecule has 2 heterocycles. The van der Waals surface area contributed by atoms with Gasteiger partial charge in [-0.2, -0.15) is 5.10 Å². The van der Waals surface area contributed by atoms with Crippen molar-refractivity contribution < 1.29 is 4.79 Å². The maximum atomic E-state index is 12.0. The molecular weight excluding hydrogens is 322 g/mol. The van der Waals surface area contributed by atoms with E-state index in [9.17, 15) is 14.4 Å². The van der Waals surface area contributed by atoms with E-state index >= 15 is 0 Å². The Balaban J connectivity index is 1.60. The summed E-state index contributed by atoms with van der Waals surface area (Å²) in [4.78, 5) is 38.7. The average Bonchev–Trinajstić information content (AvgIpc) is 3.03. The van der Waals surface area contributed by atoms with Crippen LogP contribution in [0.2, 0.25) is 0 Å². The van der Waals surface area contributed by atoms with Crippen LogP contribution in [0, 0.1) is 13.8 Å². The van der Waals surface area contributed by atoms with Gasteiger partial charge in [-0.3, -0.25) is 9.59 Å². The van der Waals surface area contributed by atoms with Crippen molar-refractivity contribution in [1.29, 1.82) is 0 Å². The molecular formula is C17H21N5O3. The molecule has 1 aliphatic rings. The van der Waals surface area contributed by atoms with Crippen LogP contribution in [-0.4, -0.2) is 21.2 Å². The SMILES string of the molecule is Cc1n[nH]c(=O)c(CNC(=O)NCc2cc3c([nH]c2=O)CCC3)c1C. The van der Waals surface area contributed by atoms with Crippen LogP contribution in [-0.2, 0) is 25.9 Å². The quantitative estimate of drug-likeness (QED) is 0.648. The van der Waals surface area contributed by atoms with E-state index < -0.39 is 6.03 Å². The first kappa shape index (κ1) is 16.9. The predicted molar refractivity (Wildman–Crippen MR) is 92.5 cm³/mol. The fraction of sp³-hybridized carbons (Fsp3) is 0.412. The molecule has 0 saturated heterocycles. The fourth-order valence-corrected chi connectivity index (χ4v) is 2.99. The third kappa shape index (κ3) is 3.62. The summed E-state index contributed by atoms with van der Waals surface area (Å²) in [6.45, 7) is 3.81. The molecule has 0 aliphatic heterocycles. The number of aromatic nitrogens is 3. The van der Waals surface area contributed by atoms with E-state index in [1.165, 1.54) is 0 Å². The number of pyridine rings is 1. The minimum atomic E-state index is -0.437. The van der Waals surface area contributed by atoms with Gasteiger partial charge in [0.2, 0.25) is 0 Å². The first-order valence-corrected chi connectivity index (χ1v) is 8.26. The van der Waals surface area contributed by atoms with E-state index in [2.05, 4.69) is 25.8 Å². The number of urea groups is 1. The van der Waals surface area contributed by atoms with Gasteiger partial charge < -0.3 is 15.6 Å². The van der Waals surface area contributed by atoms with Crippen LogP contribution >= 0.6 is 0 Å². The highest BCUT2D eigenvalue weighted by Gasteiger charge is 2.14. The van der Waals surface area contributed by atoms with Crippen LogP contribution in [0.3, 0.4) is 0 Å². The van der Waals surface area contributed by atoms with Crippen molar-refractivity contribution in [3.63, 3.8) is 0 Å². The van der Waals surface area contributed by atoms with Crippen molar-refractivity contribution in [2.45, 2.75) is 46.2 Å². The minimum Gasteiger partial charge on any atom is -0.334 e. The minimum absolute atomic E-state index is 0.0942. The van der Waals surface area contributed by atoms with Crippen LogP contribution in [0.25, 0.3) is 0 Å². The topological polar surface area (TPSA) is 120 Å². The molecule has 0 radical (unpaired) electrons. The lowest BCUT2D eigenvalue weighted by Gasteiger charge is -2.10. The summed E-state index contributed by atoms with van der Waals surface area (Å²) in [6.07, 6.45) is 2.90. The molecule has 4 N–H and O–H groups in total. The number of aromatic amines is 2. The summed E-state index contributed by atoms with van der Waals surface area (Å²) in [6, 6.07) is 1.43. The lowest BCUT2D eigenvalue weighted by Crippen LogP contribution is -2.37. The van der Waals surface area contributed by atoms with Crippen molar-refractivity contribution in [1.82, 2.24) is 25.8 Å². The highest BCUT2D eigenvalue weighted by atomic mass is 16.2. The largest absolute Gasteiger partial charge is 0.334 e. The van der Waals surface area contributed by atoms with Crippen LogP contribution in [0.5, 0.6) is 0 Å². The number of hydrogen-bond acceptors (Lipinski definition) is 4. The zero-order valence-corrected chi connectivity index (χ0v) is 14.3. The highest BCUT2D eigenvalue weighted by molar-refractivity contribution is 5.73. The molecule has 0 aromatic carbocycles. The molecule has 2 aromatic rings. The Morgan fingerprint density at radius 1 is 1.16 bits per heavy atom. The second-order valence-corrected chi connectivity index (χ2v) is 6.26. The Hall–Kier alpha value is -2.90. The second-order valence-electron chi connectivity index (χ2n) is 6.26. The maximum Gasteiger partial charge on any atom is 0.315 e. The number of nitrogens with zero attached hydrogens (tertiary/aromatic N) is 1. The summed E-state index contributed by atoms with van der Waals surface area (Å²) in [5.74, 6) is 0. The van der Waals surface area contributed by atoms with Crippen molar-refractivity contribution in [3.8, 4) is 0 Å². The number of fused-ring (bicyclic) bond motifs is 1. The maximum absolute atomic E-state index is 12.0. The molecule has 0 saturated carbocycles. The van der Waals surface area contributed by atoms with Crippen molar-refractivity contribution in [2.24, 2.45) is 0 Å². The molecule has 8 heteroatoms. The van der Waals surface area contributed by atoms with Gasteiger partial charge in [-0.05, 0) is 50.3 Å². The summed E-state index contributed by atoms with van der Waals surface area (Å²) < 4.78 is 0. The van der Waals surface area contributed by atoms with E-state index in [4.69, 9.17) is 0 Å². The number of aryl methyl sites for hydroxylation is 3. The van der Waals surface area contributed by atoms with E-state index in [1.54, 1.807) is 13.8 Å². The van der Waals surface area contributed by atoms with E-state index in [0.717, 1.165) is 36.1 Å². The number of amides is 2. The van der Waals surface area contributed by atoms with Gasteiger partial charge in [0, 0.05) is 23.4 Å². The molecule has 0 bridgehead atoms. The zero-order valence-electron chi connectivity index (χ0n) is 14.3. The predicted octanol–water partition coefficient (Wildman–Crippen LogP) is 0.563. The van der Waals surface area contributed by atoms with E-state index in [0.29, 0.717) is 16.8 Å². The van der Waals surface area contributed by atoms with Gasteiger partial charge >= 0.3 is 6.03 Å². The molecule has 1 aliphatic carbocycles. The Bertz CT molecular complexity index is 929. The smallest absolute Gasteiger partial charge is 0.315 e. The number of H-pyrrole nitrogens is 2. The normalized spacial score (nSPS) is 12.7. The van der Waals surface area contributed by atoms with Crippen molar-refractivity contribution in [3.05, 3.63) is 60.4 Å². The van der Waals surface area contributed by atoms with Gasteiger partial charge in [0.25, 0.3) is 11.1 Å². The molecule has 8 nitrogen and oxygen atoms in total. The van der Waals surface area contributed by atoms with Crippen LogP contribution in [0.4, 0.5) is 4.79 Å². The van der Waals surface area contributed by atoms with Crippen LogP contribution in [0.15, 0.2) is 15.7 Å². The fourth-order valence-electron chi connectivity index (χ4n) is 2.99. The Kier molecular flexibility index (Phi) is 4.69. The molecule has 25 heavy (non-hydrogen) atoms. The van der Waals surface area contributed by atoms with E-state index in [-0.39, 0.29) is 24.2 Å². The Morgan fingerprint density at radius 2 is 1.92 bits per heavy atom. The summed E-state index contributed by atoms with van der Waals surface area (Å²) in [5.41, 5.74) is 4.12. The van der Waals surface area contributed by atoms with Crippen molar-refractivity contribution >= 4 is 6.03 Å². The third-order valence-electron chi connectivity index (χ3n) is 4.62. The average molecular weight is 343 g/mol. The van der Waals surface area contributed by atoms with Gasteiger partial charge in [-0.15, -0.1) is 0 Å². The van der Waals surface area contributed by atoms with Crippen LogP contribution in [0.1, 0.15) is 40.1 Å². The van der Waals surface area contributed by atoms with Crippen molar-refractivity contribution in [2.75, 3.05) is 0 Å². The Morgan fingerprint density at radius 3 is 2.72 bits per heavy atom. The lowest BCUT2D eigenvalue weighted by molar-refractivity contribution is 0.240. The molecule has 2 aromatic heterocycles. The summed E-state index contributed by atoms with van der Waals surface area (Å²) >= 11 is 0. The number of carbonyl (C=O) groups is 1. The zero-order chi connectivity index (χ0) is 18.0. The first-order chi connectivity index (χ1) is 12.0. The van der Waals surface area contributed by atoms with Gasteiger partial charge in [-0.25, -0.2) is 9.89 Å². The molecule has 2 amide bonds. The first-order valence-electron chi connectivity index (χ1n) is 8.26. The molecule has 0 unspecified atom stereocenters. The third-order valence-corrected chi connectivity index (χ3v) is 4.62. The Labute approximate surface area is 144 Å². The van der Waals surface area contributed by atoms with Gasteiger partial charge in [0.05, 0.1) is 12.2 Å². The monoisotopic (exact) mass is 343 g/mol. The lowest BCUT2D eigenvalue weighted by atomic mass is 10.1. The van der Waals surface area contributed by atoms with Gasteiger partial charge in [-0.1, -0.05) is 0 Å². The summed E-state index contributed by atoms with van der Waals surface area (Å²) in [5, 5.41) is 11.6. The standard InChI is InChI=1S/C17H21N5O3/c1-9-10(2)21-22-16(24)13(9)8-19-17(25)18-7-12-6-11-4-3-5-14(11)20-15(12)23/h6H,3-5,7-8H2,1-2H3,(H,20,23)(H,22,24)(H2,18,19,25). The number of hydrogen-bond donors (Lipinski definition) is 4. The second kappa shape index (κ2) is 6.92. The van der Waals surface area contributed by atoms with Crippen LogP contribution < -0.4 is 21.8 Å². The number of nitrogens with one attached hydrogen (secondary N) is 4. The van der Waals surface area contributed by atoms with E-state index in [1.807, 2.05) is 6.07 Å². The molecule has 0 spiro atoms. The molecule has 132 valence electrons. The summed E-state index contributed by atoms with van der Waals surface area (Å²) in [7, 11) is 0. The number of rotatable bonds is 4. The molecule has 3 rings (SSSR count). The highest BCUT2D eigenvalue weighted by Crippen LogP contribution is 2.18.